The highest BCUT2D eigenvalue weighted by atomic mass is 79.9. The third-order valence-electron chi connectivity index (χ3n) is 2.64. The minimum Gasteiger partial charge on any atom is -0.477 e. The molecule has 2 heterocycles. The number of amides is 1. The van der Waals surface area contributed by atoms with E-state index in [-0.39, 0.29) is 17.3 Å². The van der Waals surface area contributed by atoms with Crippen molar-refractivity contribution in [3.63, 3.8) is 0 Å². The number of hydrogen-bond acceptors (Lipinski definition) is 4. The first-order valence-electron chi connectivity index (χ1n) is 5.68. The SMILES string of the molecule is Cc1nc(CNC(=O)c2cc(Br)cn2C)sc1C(=O)O. The van der Waals surface area contributed by atoms with E-state index in [1.54, 1.807) is 30.8 Å². The highest BCUT2D eigenvalue weighted by molar-refractivity contribution is 9.10. The molecular formula is C12H12BrN3O3S. The van der Waals surface area contributed by atoms with Gasteiger partial charge >= 0.3 is 5.97 Å². The lowest BCUT2D eigenvalue weighted by Gasteiger charge is -2.03. The molecule has 0 saturated heterocycles. The topological polar surface area (TPSA) is 84.2 Å². The maximum atomic E-state index is 12.0. The first-order valence-corrected chi connectivity index (χ1v) is 7.29. The molecule has 0 aromatic carbocycles. The van der Waals surface area contributed by atoms with Gasteiger partial charge in [-0.15, -0.1) is 11.3 Å². The molecule has 2 N–H and O–H groups in total. The number of carboxylic acids is 1. The molecule has 2 aromatic rings. The van der Waals surface area contributed by atoms with Gasteiger partial charge in [-0.2, -0.15) is 0 Å². The first-order chi connectivity index (χ1) is 9.38. The molecule has 0 aliphatic rings. The molecule has 0 aliphatic carbocycles. The van der Waals surface area contributed by atoms with Crippen LogP contribution in [0.4, 0.5) is 0 Å². The highest BCUT2D eigenvalue weighted by Crippen LogP contribution is 2.18. The van der Waals surface area contributed by atoms with Crippen LogP contribution in [0, 0.1) is 6.92 Å². The third-order valence-corrected chi connectivity index (χ3v) is 4.22. The van der Waals surface area contributed by atoms with Gasteiger partial charge in [-0.1, -0.05) is 0 Å². The molecule has 2 rings (SSSR count). The molecule has 20 heavy (non-hydrogen) atoms. The number of halogens is 1. The summed E-state index contributed by atoms with van der Waals surface area (Å²) in [7, 11) is 1.77. The number of carboxylic acid groups (broad SMARTS) is 1. The molecule has 0 unspecified atom stereocenters. The highest BCUT2D eigenvalue weighted by Gasteiger charge is 2.15. The van der Waals surface area contributed by atoms with Crippen LogP contribution in [0.5, 0.6) is 0 Å². The van der Waals surface area contributed by atoms with Crippen molar-refractivity contribution in [3.8, 4) is 0 Å². The standard InChI is InChI=1S/C12H12BrN3O3S/c1-6-10(12(18)19)20-9(15-6)4-14-11(17)8-3-7(13)5-16(8)2/h3,5H,4H2,1-2H3,(H,14,17)(H,18,19). The Labute approximate surface area is 127 Å². The summed E-state index contributed by atoms with van der Waals surface area (Å²) < 4.78 is 2.53. The fraction of sp³-hybridized carbons (Fsp3) is 0.250. The number of aromatic carboxylic acids is 1. The maximum absolute atomic E-state index is 12.0. The Kier molecular flexibility index (Phi) is 4.24. The Morgan fingerprint density at radius 3 is 2.75 bits per heavy atom. The zero-order valence-corrected chi connectivity index (χ0v) is 13.2. The van der Waals surface area contributed by atoms with Crippen molar-refractivity contribution in [2.24, 2.45) is 7.05 Å². The second kappa shape index (κ2) is 5.76. The molecule has 0 atom stereocenters. The van der Waals surface area contributed by atoms with Crippen LogP contribution >= 0.6 is 27.3 Å². The van der Waals surface area contributed by atoms with Gasteiger partial charge in [0.25, 0.3) is 5.91 Å². The number of carbonyl (C=O) groups is 2. The summed E-state index contributed by atoms with van der Waals surface area (Å²) in [6, 6.07) is 1.71. The normalized spacial score (nSPS) is 10.6. The van der Waals surface area contributed by atoms with Crippen LogP contribution in [0.25, 0.3) is 0 Å². The van der Waals surface area contributed by atoms with E-state index in [4.69, 9.17) is 5.11 Å². The lowest BCUT2D eigenvalue weighted by atomic mass is 10.4. The van der Waals surface area contributed by atoms with E-state index < -0.39 is 5.97 Å². The number of hydrogen-bond donors (Lipinski definition) is 2. The smallest absolute Gasteiger partial charge is 0.347 e. The molecule has 6 nitrogen and oxygen atoms in total. The molecule has 0 aliphatic heterocycles. The quantitative estimate of drug-likeness (QED) is 0.878. The monoisotopic (exact) mass is 357 g/mol. The van der Waals surface area contributed by atoms with Crippen LogP contribution in [0.15, 0.2) is 16.7 Å². The molecule has 0 spiro atoms. The summed E-state index contributed by atoms with van der Waals surface area (Å²) in [6.07, 6.45) is 1.78. The fourth-order valence-corrected chi connectivity index (χ4v) is 3.09. The van der Waals surface area contributed by atoms with Crippen LogP contribution in [-0.4, -0.2) is 26.5 Å². The zero-order chi connectivity index (χ0) is 14.9. The van der Waals surface area contributed by atoms with Gasteiger partial charge in [0.15, 0.2) is 0 Å². The van der Waals surface area contributed by atoms with Crippen molar-refractivity contribution in [1.82, 2.24) is 14.9 Å². The molecule has 0 saturated carbocycles. The number of nitrogens with zero attached hydrogens (tertiary/aromatic N) is 2. The van der Waals surface area contributed by atoms with Crippen LogP contribution in [0.2, 0.25) is 0 Å². The summed E-state index contributed by atoms with van der Waals surface area (Å²) in [4.78, 5) is 27.2. The Morgan fingerprint density at radius 2 is 2.25 bits per heavy atom. The molecule has 1 amide bonds. The fourth-order valence-electron chi connectivity index (χ4n) is 1.72. The van der Waals surface area contributed by atoms with Gasteiger partial charge < -0.3 is 15.0 Å². The largest absolute Gasteiger partial charge is 0.477 e. The zero-order valence-electron chi connectivity index (χ0n) is 10.8. The second-order valence-corrected chi connectivity index (χ2v) is 6.16. The summed E-state index contributed by atoms with van der Waals surface area (Å²) in [5, 5.41) is 12.2. The van der Waals surface area contributed by atoms with Gasteiger partial charge in [0.05, 0.1) is 12.2 Å². The minimum absolute atomic E-state index is 0.205. The number of thiazole rings is 1. The summed E-state index contributed by atoms with van der Waals surface area (Å²) in [6.45, 7) is 1.85. The van der Waals surface area contributed by atoms with Crippen LogP contribution in [0.3, 0.4) is 0 Å². The van der Waals surface area contributed by atoms with E-state index in [0.717, 1.165) is 15.8 Å². The van der Waals surface area contributed by atoms with E-state index >= 15 is 0 Å². The van der Waals surface area contributed by atoms with Gasteiger partial charge in [-0.3, -0.25) is 4.79 Å². The van der Waals surface area contributed by atoms with E-state index in [1.807, 2.05) is 0 Å². The molecule has 0 fully saturated rings. The molecule has 106 valence electrons. The van der Waals surface area contributed by atoms with Crippen molar-refractivity contribution in [2.75, 3.05) is 0 Å². The van der Waals surface area contributed by atoms with Crippen LogP contribution < -0.4 is 5.32 Å². The van der Waals surface area contributed by atoms with Crippen LogP contribution in [-0.2, 0) is 13.6 Å². The summed E-state index contributed by atoms with van der Waals surface area (Å²) >= 11 is 4.37. The number of nitrogens with one attached hydrogen (secondary N) is 1. The molecular weight excluding hydrogens is 346 g/mol. The van der Waals surface area contributed by atoms with E-state index in [9.17, 15) is 9.59 Å². The third kappa shape index (κ3) is 3.07. The Hall–Kier alpha value is -1.67. The molecule has 0 bridgehead atoms. The maximum Gasteiger partial charge on any atom is 0.347 e. The molecule has 8 heteroatoms. The van der Waals surface area contributed by atoms with E-state index in [0.29, 0.717) is 16.4 Å². The number of aromatic nitrogens is 2. The first kappa shape index (κ1) is 14.7. The van der Waals surface area contributed by atoms with Gasteiger partial charge in [0, 0.05) is 17.7 Å². The number of aryl methyl sites for hydroxylation is 2. The van der Waals surface area contributed by atoms with E-state index in [1.165, 1.54) is 0 Å². The lowest BCUT2D eigenvalue weighted by Crippen LogP contribution is -2.24. The van der Waals surface area contributed by atoms with Crippen molar-refractivity contribution in [2.45, 2.75) is 13.5 Å². The number of carbonyl (C=O) groups excluding carboxylic acids is 1. The average Bonchev–Trinajstić information content (AvgIpc) is 2.89. The Morgan fingerprint density at radius 1 is 1.55 bits per heavy atom. The average molecular weight is 358 g/mol. The summed E-state index contributed by atoms with van der Waals surface area (Å²) in [5.41, 5.74) is 0.983. The predicted octanol–water partition coefficient (Wildman–Crippen LogP) is 2.18. The predicted molar refractivity (Wildman–Crippen MR) is 78.1 cm³/mol. The lowest BCUT2D eigenvalue weighted by molar-refractivity contribution is 0.0701. The van der Waals surface area contributed by atoms with Gasteiger partial charge in [0.2, 0.25) is 0 Å². The van der Waals surface area contributed by atoms with Gasteiger partial charge in [-0.25, -0.2) is 9.78 Å². The summed E-state index contributed by atoms with van der Waals surface area (Å²) in [5.74, 6) is -1.23. The van der Waals surface area contributed by atoms with Gasteiger partial charge in [0.1, 0.15) is 15.6 Å². The van der Waals surface area contributed by atoms with Gasteiger partial charge in [-0.05, 0) is 28.9 Å². The molecule has 2 aromatic heterocycles. The van der Waals surface area contributed by atoms with Crippen molar-refractivity contribution in [1.29, 1.82) is 0 Å². The van der Waals surface area contributed by atoms with Crippen molar-refractivity contribution in [3.05, 3.63) is 38.0 Å². The number of rotatable bonds is 4. The second-order valence-electron chi connectivity index (χ2n) is 4.16. The van der Waals surface area contributed by atoms with Crippen LogP contribution in [0.1, 0.15) is 30.9 Å². The Bertz CT molecular complexity index is 678. The minimum atomic E-state index is -0.996. The van der Waals surface area contributed by atoms with Crippen molar-refractivity contribution < 1.29 is 14.7 Å². The van der Waals surface area contributed by atoms with Crippen molar-refractivity contribution >= 4 is 39.1 Å². The molecule has 0 radical (unpaired) electrons. The Balaban J connectivity index is 2.05. The van der Waals surface area contributed by atoms with E-state index in [2.05, 4.69) is 26.2 Å².